The van der Waals surface area contributed by atoms with Gasteiger partial charge in [-0.05, 0) is 36.3 Å². The lowest BCUT2D eigenvalue weighted by molar-refractivity contribution is -0.148. The predicted octanol–water partition coefficient (Wildman–Crippen LogP) is 1.41. The van der Waals surface area contributed by atoms with Gasteiger partial charge in [-0.3, -0.25) is 0 Å². The fraction of sp³-hybridized carbons (Fsp3) is 0.500. The smallest absolute Gasteiger partial charge is 0.331 e. The highest BCUT2D eigenvalue weighted by Gasteiger charge is 2.41. The summed E-state index contributed by atoms with van der Waals surface area (Å²) in [4.78, 5) is 12.6. The third-order valence-electron chi connectivity index (χ3n) is 2.72. The average molecular weight is 211 g/mol. The van der Waals surface area contributed by atoms with Crippen LogP contribution in [-0.4, -0.2) is 13.1 Å². The topological polar surface area (TPSA) is 52.3 Å². The number of rotatable bonds is 1. The van der Waals surface area contributed by atoms with Crippen molar-refractivity contribution in [1.82, 2.24) is 0 Å². The van der Waals surface area contributed by atoms with Gasteiger partial charge < -0.3 is 10.5 Å². The van der Waals surface area contributed by atoms with Gasteiger partial charge in [-0.15, -0.1) is 11.3 Å². The average Bonchev–Trinajstić information content (AvgIpc) is 2.66. The molecule has 3 nitrogen and oxygen atoms in total. The first-order valence-electron chi connectivity index (χ1n) is 4.62. The standard InChI is InChI=1S/C10H13NO2S/c1-13-9(12)10(11)5-2-3-7-4-6-14-8(7)10/h4,6H,2-3,5,11H2,1H3. The van der Waals surface area contributed by atoms with Crippen molar-refractivity contribution in [2.45, 2.75) is 24.8 Å². The highest BCUT2D eigenvalue weighted by Crippen LogP contribution is 2.37. The molecular weight excluding hydrogens is 198 g/mol. The third-order valence-corrected chi connectivity index (χ3v) is 3.85. The fourth-order valence-electron chi connectivity index (χ4n) is 1.97. The van der Waals surface area contributed by atoms with E-state index in [4.69, 9.17) is 10.5 Å². The molecule has 1 aromatic heterocycles. The Morgan fingerprint density at radius 3 is 3.21 bits per heavy atom. The molecular formula is C10H13NO2S. The minimum Gasteiger partial charge on any atom is -0.467 e. The molecule has 1 heterocycles. The Labute approximate surface area is 86.9 Å². The number of fused-ring (bicyclic) bond motifs is 1. The summed E-state index contributed by atoms with van der Waals surface area (Å²) in [5.74, 6) is -0.319. The lowest BCUT2D eigenvalue weighted by Gasteiger charge is -2.30. The van der Waals surface area contributed by atoms with Gasteiger partial charge >= 0.3 is 5.97 Å². The van der Waals surface area contributed by atoms with Crippen LogP contribution in [0, 0.1) is 0 Å². The summed E-state index contributed by atoms with van der Waals surface area (Å²) in [6.07, 6.45) is 2.66. The summed E-state index contributed by atoms with van der Waals surface area (Å²) >= 11 is 1.55. The second-order valence-corrected chi connectivity index (χ2v) is 4.51. The molecule has 14 heavy (non-hydrogen) atoms. The molecule has 0 saturated heterocycles. The number of hydrogen-bond acceptors (Lipinski definition) is 4. The van der Waals surface area contributed by atoms with E-state index in [2.05, 4.69) is 0 Å². The van der Waals surface area contributed by atoms with Gasteiger partial charge in [-0.1, -0.05) is 0 Å². The van der Waals surface area contributed by atoms with Gasteiger partial charge in [0.15, 0.2) is 0 Å². The van der Waals surface area contributed by atoms with Gasteiger partial charge in [-0.25, -0.2) is 4.79 Å². The molecule has 1 aliphatic carbocycles. The Morgan fingerprint density at radius 2 is 2.50 bits per heavy atom. The van der Waals surface area contributed by atoms with Crippen LogP contribution in [0.1, 0.15) is 23.3 Å². The van der Waals surface area contributed by atoms with Crippen LogP contribution in [0.4, 0.5) is 0 Å². The van der Waals surface area contributed by atoms with Crippen LogP contribution in [0.25, 0.3) is 0 Å². The molecule has 0 bridgehead atoms. The van der Waals surface area contributed by atoms with Gasteiger partial charge in [0, 0.05) is 4.88 Å². The summed E-state index contributed by atoms with van der Waals surface area (Å²) in [5, 5.41) is 1.99. The number of hydrogen-bond donors (Lipinski definition) is 1. The van der Waals surface area contributed by atoms with Crippen LogP contribution in [0.15, 0.2) is 11.4 Å². The van der Waals surface area contributed by atoms with Crippen LogP contribution < -0.4 is 5.73 Å². The Hall–Kier alpha value is -0.870. The van der Waals surface area contributed by atoms with E-state index in [9.17, 15) is 4.79 Å². The first kappa shape index (κ1) is 9.68. The molecule has 76 valence electrons. The van der Waals surface area contributed by atoms with Crippen LogP contribution in [0.3, 0.4) is 0 Å². The van der Waals surface area contributed by atoms with Crippen LogP contribution in [0.2, 0.25) is 0 Å². The Morgan fingerprint density at radius 1 is 1.71 bits per heavy atom. The lowest BCUT2D eigenvalue weighted by atomic mass is 9.83. The van der Waals surface area contributed by atoms with Crippen molar-refractivity contribution in [3.63, 3.8) is 0 Å². The van der Waals surface area contributed by atoms with Gasteiger partial charge in [0.25, 0.3) is 0 Å². The van der Waals surface area contributed by atoms with E-state index in [-0.39, 0.29) is 5.97 Å². The number of carbonyl (C=O) groups excluding carboxylic acids is 1. The quantitative estimate of drug-likeness (QED) is 0.715. The number of ether oxygens (including phenoxy) is 1. The predicted molar refractivity (Wildman–Crippen MR) is 55.1 cm³/mol. The van der Waals surface area contributed by atoms with E-state index >= 15 is 0 Å². The van der Waals surface area contributed by atoms with Gasteiger partial charge in [0.1, 0.15) is 5.54 Å². The zero-order valence-corrected chi connectivity index (χ0v) is 8.89. The van der Waals surface area contributed by atoms with Crippen molar-refractivity contribution in [2.75, 3.05) is 7.11 Å². The summed E-state index contributed by atoms with van der Waals surface area (Å²) < 4.78 is 4.76. The molecule has 4 heteroatoms. The number of carbonyl (C=O) groups is 1. The molecule has 2 N–H and O–H groups in total. The van der Waals surface area contributed by atoms with E-state index in [0.29, 0.717) is 6.42 Å². The largest absolute Gasteiger partial charge is 0.467 e. The van der Waals surface area contributed by atoms with E-state index in [1.165, 1.54) is 12.7 Å². The van der Waals surface area contributed by atoms with Crippen molar-refractivity contribution in [2.24, 2.45) is 5.73 Å². The maximum absolute atomic E-state index is 11.6. The minimum atomic E-state index is -0.892. The summed E-state index contributed by atoms with van der Waals surface area (Å²) in [6.45, 7) is 0. The van der Waals surface area contributed by atoms with Crippen molar-refractivity contribution < 1.29 is 9.53 Å². The molecule has 0 fully saturated rings. The molecule has 0 aliphatic heterocycles. The highest BCUT2D eigenvalue weighted by molar-refractivity contribution is 7.10. The molecule has 1 atom stereocenters. The monoisotopic (exact) mass is 211 g/mol. The van der Waals surface area contributed by atoms with E-state index < -0.39 is 5.54 Å². The van der Waals surface area contributed by atoms with E-state index in [0.717, 1.165) is 17.7 Å². The molecule has 0 amide bonds. The first-order chi connectivity index (χ1) is 6.68. The Kier molecular flexibility index (Phi) is 2.33. The molecule has 0 aromatic carbocycles. The molecule has 2 rings (SSSR count). The number of esters is 1. The number of methoxy groups -OCH3 is 1. The lowest BCUT2D eigenvalue weighted by Crippen LogP contribution is -2.47. The third kappa shape index (κ3) is 1.26. The van der Waals surface area contributed by atoms with Crippen molar-refractivity contribution in [3.8, 4) is 0 Å². The van der Waals surface area contributed by atoms with Crippen molar-refractivity contribution >= 4 is 17.3 Å². The Bertz CT molecular complexity index is 361. The van der Waals surface area contributed by atoms with E-state index in [1.807, 2.05) is 11.4 Å². The van der Waals surface area contributed by atoms with Gasteiger partial charge in [0.05, 0.1) is 7.11 Å². The maximum Gasteiger partial charge on any atom is 0.331 e. The van der Waals surface area contributed by atoms with Gasteiger partial charge in [0.2, 0.25) is 0 Å². The molecule has 1 unspecified atom stereocenters. The number of aryl methyl sites for hydroxylation is 1. The molecule has 1 aliphatic rings. The zero-order valence-electron chi connectivity index (χ0n) is 8.08. The second-order valence-electron chi connectivity index (χ2n) is 3.59. The van der Waals surface area contributed by atoms with E-state index in [1.54, 1.807) is 11.3 Å². The van der Waals surface area contributed by atoms with Crippen LogP contribution in [0.5, 0.6) is 0 Å². The van der Waals surface area contributed by atoms with Crippen molar-refractivity contribution in [1.29, 1.82) is 0 Å². The van der Waals surface area contributed by atoms with Gasteiger partial charge in [-0.2, -0.15) is 0 Å². The maximum atomic E-state index is 11.6. The summed E-state index contributed by atoms with van der Waals surface area (Å²) in [7, 11) is 1.39. The minimum absolute atomic E-state index is 0.319. The summed E-state index contributed by atoms with van der Waals surface area (Å²) in [6, 6.07) is 2.05. The normalized spacial score (nSPS) is 25.6. The SMILES string of the molecule is COC(=O)C1(N)CCCc2ccsc21. The Balaban J connectivity index is 2.44. The summed E-state index contributed by atoms with van der Waals surface area (Å²) in [5.41, 5.74) is 6.42. The highest BCUT2D eigenvalue weighted by atomic mass is 32.1. The molecule has 0 radical (unpaired) electrons. The molecule has 1 aromatic rings. The number of thiophene rings is 1. The number of nitrogens with two attached hydrogens (primary N) is 1. The molecule has 0 saturated carbocycles. The van der Waals surface area contributed by atoms with Crippen molar-refractivity contribution in [3.05, 3.63) is 21.9 Å². The fourth-order valence-corrected chi connectivity index (χ4v) is 3.06. The zero-order chi connectivity index (χ0) is 10.2. The van der Waals surface area contributed by atoms with Crippen LogP contribution >= 0.6 is 11.3 Å². The first-order valence-corrected chi connectivity index (χ1v) is 5.50. The van der Waals surface area contributed by atoms with Crippen LogP contribution in [-0.2, 0) is 21.5 Å². The second kappa shape index (κ2) is 3.37. The molecule has 0 spiro atoms.